The van der Waals surface area contributed by atoms with Gasteiger partial charge in [0.25, 0.3) is 0 Å². The highest BCUT2D eigenvalue weighted by Crippen LogP contribution is 2.10. The highest BCUT2D eigenvalue weighted by atomic mass is 35.5. The molecule has 1 unspecified atom stereocenters. The van der Waals surface area contributed by atoms with Gasteiger partial charge in [0.2, 0.25) is 0 Å². The fourth-order valence-corrected chi connectivity index (χ4v) is 1.73. The Hall–Kier alpha value is -0.150. The van der Waals surface area contributed by atoms with Crippen LogP contribution in [0.5, 0.6) is 0 Å². The van der Waals surface area contributed by atoms with Gasteiger partial charge in [-0.15, -0.1) is 12.4 Å². The molecule has 0 aliphatic heterocycles. The fourth-order valence-electron chi connectivity index (χ4n) is 1.49. The molecular weight excluding hydrogens is 249 g/mol. The molecule has 0 aliphatic rings. The molecule has 98 valence electrons. The van der Waals surface area contributed by atoms with E-state index in [-0.39, 0.29) is 12.4 Å². The molecule has 0 aliphatic carbocycles. The van der Waals surface area contributed by atoms with E-state index in [0.717, 1.165) is 19.3 Å². The van der Waals surface area contributed by atoms with Crippen LogP contribution in [0.15, 0.2) is 0 Å². The number of alkyl halides is 1. The second-order valence-corrected chi connectivity index (χ2v) is 4.35. The molecule has 0 saturated heterocycles. The lowest BCUT2D eigenvalue weighted by Gasteiger charge is -2.08. The molecule has 1 atom stereocenters. The number of unbranched alkanes of at least 4 members (excludes halogenated alkanes) is 6. The van der Waals surface area contributed by atoms with Crippen LogP contribution in [0, 0.1) is 0 Å². The predicted molar refractivity (Wildman–Crippen MR) is 70.7 cm³/mol. The molecule has 0 aromatic heterocycles. The van der Waals surface area contributed by atoms with Crippen molar-refractivity contribution in [1.29, 1.82) is 0 Å². The lowest BCUT2D eigenvalue weighted by molar-refractivity contribution is 0.192. The number of hydrogen-bond donors (Lipinski definition) is 2. The van der Waals surface area contributed by atoms with Crippen LogP contribution in [0.25, 0.3) is 0 Å². The van der Waals surface area contributed by atoms with Gasteiger partial charge in [-0.1, -0.05) is 63.5 Å². The quantitative estimate of drug-likeness (QED) is 0.371. The molecule has 5 heteroatoms. The van der Waals surface area contributed by atoms with Gasteiger partial charge in [0.15, 0.2) is 0 Å². The van der Waals surface area contributed by atoms with Crippen molar-refractivity contribution in [2.45, 2.75) is 63.8 Å². The number of hydrogen-bond acceptors (Lipinski definition) is 1. The second kappa shape index (κ2) is 12.9. The van der Waals surface area contributed by atoms with Gasteiger partial charge in [-0.25, -0.2) is 4.79 Å². The van der Waals surface area contributed by atoms with Gasteiger partial charge < -0.3 is 10.4 Å². The maximum Gasteiger partial charge on any atom is 0.405 e. The number of carbonyl (C=O) groups is 1. The zero-order valence-corrected chi connectivity index (χ0v) is 11.4. The van der Waals surface area contributed by atoms with Crippen molar-refractivity contribution < 1.29 is 9.90 Å². The number of rotatable bonds is 9. The van der Waals surface area contributed by atoms with E-state index < -0.39 is 11.6 Å². The third-order valence-corrected chi connectivity index (χ3v) is 2.67. The summed E-state index contributed by atoms with van der Waals surface area (Å²) in [6.07, 6.45) is 8.25. The molecule has 0 fully saturated rings. The topological polar surface area (TPSA) is 49.3 Å². The SMILES string of the molecule is CCCCCCCCCC(Cl)NC(=O)O.Cl. The van der Waals surface area contributed by atoms with Crippen molar-refractivity contribution in [3.63, 3.8) is 0 Å². The van der Waals surface area contributed by atoms with E-state index in [1.807, 2.05) is 0 Å². The summed E-state index contributed by atoms with van der Waals surface area (Å²) in [4.78, 5) is 10.2. The number of nitrogens with one attached hydrogen (secondary N) is 1. The van der Waals surface area contributed by atoms with Crippen LogP contribution >= 0.6 is 24.0 Å². The summed E-state index contributed by atoms with van der Waals surface area (Å²) in [5.41, 5.74) is -0.432. The van der Waals surface area contributed by atoms with E-state index in [0.29, 0.717) is 0 Å². The molecule has 1 amide bonds. The Morgan fingerprint density at radius 2 is 1.69 bits per heavy atom. The van der Waals surface area contributed by atoms with Crippen molar-refractivity contribution in [2.75, 3.05) is 0 Å². The van der Waals surface area contributed by atoms with Gasteiger partial charge in [0.1, 0.15) is 5.50 Å². The van der Waals surface area contributed by atoms with E-state index in [9.17, 15) is 4.79 Å². The van der Waals surface area contributed by atoms with Crippen LogP contribution in [0.4, 0.5) is 4.79 Å². The van der Waals surface area contributed by atoms with Gasteiger partial charge in [-0.05, 0) is 6.42 Å². The number of halogens is 2. The predicted octanol–water partition coefficient (Wildman–Crippen LogP) is 4.38. The number of amides is 1. The van der Waals surface area contributed by atoms with Crippen LogP contribution in [0.1, 0.15) is 58.3 Å². The van der Waals surface area contributed by atoms with Gasteiger partial charge >= 0.3 is 6.09 Å². The van der Waals surface area contributed by atoms with E-state index in [4.69, 9.17) is 16.7 Å². The molecule has 0 spiro atoms. The molecule has 0 radical (unpaired) electrons. The first-order chi connectivity index (χ1) is 7.16. The lowest BCUT2D eigenvalue weighted by atomic mass is 10.1. The summed E-state index contributed by atoms with van der Waals surface area (Å²) >= 11 is 5.75. The molecule has 0 aromatic carbocycles. The summed E-state index contributed by atoms with van der Waals surface area (Å²) < 4.78 is 0. The molecule has 0 aromatic rings. The fraction of sp³-hybridized carbons (Fsp3) is 0.909. The summed E-state index contributed by atoms with van der Waals surface area (Å²) in [6.45, 7) is 2.20. The van der Waals surface area contributed by atoms with E-state index in [1.54, 1.807) is 0 Å². The van der Waals surface area contributed by atoms with Crippen molar-refractivity contribution >= 4 is 30.1 Å². The standard InChI is InChI=1S/C11H22ClNO2.ClH/c1-2-3-4-5-6-7-8-9-10(12)13-11(14)15;/h10,13H,2-9H2,1H3,(H,14,15);1H. The molecule has 16 heavy (non-hydrogen) atoms. The Morgan fingerprint density at radius 1 is 1.19 bits per heavy atom. The smallest absolute Gasteiger partial charge is 0.405 e. The Kier molecular flexibility index (Phi) is 14.7. The van der Waals surface area contributed by atoms with Crippen LogP contribution in [0.2, 0.25) is 0 Å². The molecule has 3 nitrogen and oxygen atoms in total. The van der Waals surface area contributed by atoms with E-state index in [1.165, 1.54) is 32.1 Å². The third kappa shape index (κ3) is 13.8. The lowest BCUT2D eigenvalue weighted by Crippen LogP contribution is -2.28. The zero-order chi connectivity index (χ0) is 11.5. The first-order valence-electron chi connectivity index (χ1n) is 5.80. The van der Waals surface area contributed by atoms with Gasteiger partial charge in [-0.3, -0.25) is 0 Å². The summed E-state index contributed by atoms with van der Waals surface area (Å²) in [6, 6.07) is 0. The molecular formula is C11H23Cl2NO2. The van der Waals surface area contributed by atoms with Crippen LogP contribution < -0.4 is 5.32 Å². The molecule has 0 saturated carbocycles. The maximum atomic E-state index is 10.2. The second-order valence-electron chi connectivity index (χ2n) is 3.83. The van der Waals surface area contributed by atoms with E-state index >= 15 is 0 Å². The maximum absolute atomic E-state index is 10.2. The Balaban J connectivity index is 0. The van der Waals surface area contributed by atoms with Crippen molar-refractivity contribution in [3.05, 3.63) is 0 Å². The first-order valence-corrected chi connectivity index (χ1v) is 6.24. The normalized spacial score (nSPS) is 11.6. The summed E-state index contributed by atoms with van der Waals surface area (Å²) in [5, 5.41) is 10.6. The summed E-state index contributed by atoms with van der Waals surface area (Å²) in [7, 11) is 0. The van der Waals surface area contributed by atoms with Gasteiger partial charge in [0.05, 0.1) is 0 Å². The molecule has 0 bridgehead atoms. The average Bonchev–Trinajstić information content (AvgIpc) is 2.15. The van der Waals surface area contributed by atoms with Gasteiger partial charge in [0, 0.05) is 0 Å². The van der Waals surface area contributed by atoms with Crippen LogP contribution in [-0.4, -0.2) is 16.7 Å². The monoisotopic (exact) mass is 271 g/mol. The van der Waals surface area contributed by atoms with Crippen molar-refractivity contribution in [3.8, 4) is 0 Å². The Morgan fingerprint density at radius 3 is 2.19 bits per heavy atom. The van der Waals surface area contributed by atoms with Crippen molar-refractivity contribution in [1.82, 2.24) is 5.32 Å². The largest absolute Gasteiger partial charge is 0.465 e. The van der Waals surface area contributed by atoms with Gasteiger partial charge in [-0.2, -0.15) is 0 Å². The van der Waals surface area contributed by atoms with Crippen molar-refractivity contribution in [2.24, 2.45) is 0 Å². The van der Waals surface area contributed by atoms with E-state index in [2.05, 4.69) is 12.2 Å². The average molecular weight is 272 g/mol. The minimum absolute atomic E-state index is 0. The first kappa shape index (κ1) is 18.2. The highest BCUT2D eigenvalue weighted by molar-refractivity contribution is 6.21. The van der Waals surface area contributed by atoms with Crippen LogP contribution in [0.3, 0.4) is 0 Å². The minimum Gasteiger partial charge on any atom is -0.465 e. The third-order valence-electron chi connectivity index (χ3n) is 2.34. The Labute approximate surface area is 109 Å². The molecule has 0 heterocycles. The minimum atomic E-state index is -1.04. The molecule has 0 rings (SSSR count). The molecule has 2 N–H and O–H groups in total. The number of carboxylic acid groups (broad SMARTS) is 1. The van der Waals surface area contributed by atoms with Crippen LogP contribution in [-0.2, 0) is 0 Å². The summed E-state index contributed by atoms with van der Waals surface area (Å²) in [5.74, 6) is 0. The highest BCUT2D eigenvalue weighted by Gasteiger charge is 2.05. The Bertz CT molecular complexity index is 168. The zero-order valence-electron chi connectivity index (χ0n) is 9.88.